The van der Waals surface area contributed by atoms with Gasteiger partial charge in [0.2, 0.25) is 0 Å². The van der Waals surface area contributed by atoms with Crippen LogP contribution in [0.5, 0.6) is 0 Å². The molecule has 1 aromatic carbocycles. The zero-order valence-corrected chi connectivity index (χ0v) is 11.6. The molecule has 1 fully saturated rings. The molecule has 96 valence electrons. The van der Waals surface area contributed by atoms with Crippen molar-refractivity contribution >= 4 is 11.3 Å². The van der Waals surface area contributed by atoms with Crippen LogP contribution in [0.2, 0.25) is 0 Å². The molecule has 0 bridgehead atoms. The smallest absolute Gasteiger partial charge is 0.0991 e. The number of rotatable bonds is 3. The minimum absolute atomic E-state index is 0.579. The fourth-order valence-corrected chi connectivity index (χ4v) is 3.63. The summed E-state index contributed by atoms with van der Waals surface area (Å²) in [6.45, 7) is 2.15. The molecule has 0 radical (unpaired) electrons. The van der Waals surface area contributed by atoms with Crippen LogP contribution in [-0.4, -0.2) is 11.4 Å². The first kappa shape index (κ1) is 12.4. The SMILES string of the molecule is N#Cc1ccc(CN2CCC[C@H]2c2cccs2)cc1. The maximum absolute atomic E-state index is 8.82. The third-order valence-corrected chi connectivity index (χ3v) is 4.68. The molecule has 3 rings (SSSR count). The summed E-state index contributed by atoms with van der Waals surface area (Å²) in [5, 5.41) is 11.0. The average molecular weight is 268 g/mol. The van der Waals surface area contributed by atoms with Crippen LogP contribution in [-0.2, 0) is 6.54 Å². The molecule has 3 heteroatoms. The van der Waals surface area contributed by atoms with Crippen LogP contribution in [0.15, 0.2) is 41.8 Å². The van der Waals surface area contributed by atoms with E-state index in [4.69, 9.17) is 5.26 Å². The van der Waals surface area contributed by atoms with Crippen molar-refractivity contribution < 1.29 is 0 Å². The van der Waals surface area contributed by atoms with E-state index in [2.05, 4.69) is 40.6 Å². The first-order valence-corrected chi connectivity index (χ1v) is 7.51. The Hall–Kier alpha value is -1.63. The minimum Gasteiger partial charge on any atom is -0.291 e. The number of benzene rings is 1. The number of nitrogens with zero attached hydrogens (tertiary/aromatic N) is 2. The monoisotopic (exact) mass is 268 g/mol. The molecule has 0 aliphatic carbocycles. The minimum atomic E-state index is 0.579. The van der Waals surface area contributed by atoms with Gasteiger partial charge in [-0.3, -0.25) is 4.90 Å². The molecule has 1 aliphatic heterocycles. The van der Waals surface area contributed by atoms with Gasteiger partial charge in [0.25, 0.3) is 0 Å². The highest BCUT2D eigenvalue weighted by Crippen LogP contribution is 2.35. The van der Waals surface area contributed by atoms with E-state index < -0.39 is 0 Å². The Morgan fingerprint density at radius 3 is 2.79 bits per heavy atom. The molecule has 2 aromatic rings. The van der Waals surface area contributed by atoms with E-state index in [1.165, 1.54) is 29.8 Å². The summed E-state index contributed by atoms with van der Waals surface area (Å²) < 4.78 is 0. The molecule has 0 saturated carbocycles. The normalized spacial score (nSPS) is 19.4. The van der Waals surface area contributed by atoms with Crippen molar-refractivity contribution in [1.29, 1.82) is 5.26 Å². The van der Waals surface area contributed by atoms with Crippen LogP contribution in [0.25, 0.3) is 0 Å². The van der Waals surface area contributed by atoms with E-state index in [9.17, 15) is 0 Å². The third-order valence-electron chi connectivity index (χ3n) is 3.70. The second-order valence-corrected chi connectivity index (χ2v) is 5.93. The second-order valence-electron chi connectivity index (χ2n) is 4.95. The number of nitriles is 1. The van der Waals surface area contributed by atoms with Crippen LogP contribution >= 0.6 is 11.3 Å². The molecule has 19 heavy (non-hydrogen) atoms. The van der Waals surface area contributed by atoms with E-state index in [1.54, 1.807) is 0 Å². The fraction of sp³-hybridized carbons (Fsp3) is 0.312. The van der Waals surface area contributed by atoms with Crippen LogP contribution in [0.3, 0.4) is 0 Å². The molecule has 2 heterocycles. The summed E-state index contributed by atoms with van der Waals surface area (Å²) >= 11 is 1.86. The van der Waals surface area contributed by atoms with E-state index in [0.29, 0.717) is 6.04 Å². The highest BCUT2D eigenvalue weighted by molar-refractivity contribution is 7.10. The van der Waals surface area contributed by atoms with Gasteiger partial charge in [0.05, 0.1) is 11.6 Å². The molecule has 0 amide bonds. The molecule has 1 aromatic heterocycles. The van der Waals surface area contributed by atoms with Gasteiger partial charge in [-0.1, -0.05) is 18.2 Å². The molecule has 2 nitrogen and oxygen atoms in total. The standard InChI is InChI=1S/C16H16N2S/c17-11-13-5-7-14(8-6-13)12-18-9-1-3-15(18)16-4-2-10-19-16/h2,4-8,10,15H,1,3,9,12H2/t15-/m0/s1. The Morgan fingerprint density at radius 1 is 1.26 bits per heavy atom. The molecule has 0 spiro atoms. The molecule has 1 atom stereocenters. The first-order chi connectivity index (χ1) is 9.36. The second kappa shape index (κ2) is 5.56. The van der Waals surface area contributed by atoms with Gasteiger partial charge in [0.15, 0.2) is 0 Å². The van der Waals surface area contributed by atoms with Crippen molar-refractivity contribution in [2.45, 2.75) is 25.4 Å². The van der Waals surface area contributed by atoms with Gasteiger partial charge in [-0.2, -0.15) is 5.26 Å². The molecule has 1 saturated heterocycles. The van der Waals surface area contributed by atoms with Gasteiger partial charge < -0.3 is 0 Å². The first-order valence-electron chi connectivity index (χ1n) is 6.63. The van der Waals surface area contributed by atoms with Crippen molar-refractivity contribution in [3.63, 3.8) is 0 Å². The molecular weight excluding hydrogens is 252 g/mol. The topological polar surface area (TPSA) is 27.0 Å². The molecular formula is C16H16N2S. The Balaban J connectivity index is 1.73. The van der Waals surface area contributed by atoms with E-state index >= 15 is 0 Å². The summed E-state index contributed by atoms with van der Waals surface area (Å²) in [6.07, 6.45) is 2.54. The number of likely N-dealkylation sites (tertiary alicyclic amines) is 1. The summed E-state index contributed by atoms with van der Waals surface area (Å²) in [5.41, 5.74) is 2.03. The summed E-state index contributed by atoms with van der Waals surface area (Å²) in [7, 11) is 0. The van der Waals surface area contributed by atoms with Gasteiger partial charge in [0, 0.05) is 17.5 Å². The molecule has 0 unspecified atom stereocenters. The summed E-state index contributed by atoms with van der Waals surface area (Å²) in [6, 6.07) is 15.1. The summed E-state index contributed by atoms with van der Waals surface area (Å²) in [4.78, 5) is 4.03. The van der Waals surface area contributed by atoms with Crippen molar-refractivity contribution in [2.24, 2.45) is 0 Å². The maximum atomic E-state index is 8.82. The zero-order chi connectivity index (χ0) is 13.1. The van der Waals surface area contributed by atoms with Gasteiger partial charge in [-0.05, 0) is 48.5 Å². The van der Waals surface area contributed by atoms with Crippen molar-refractivity contribution in [3.05, 3.63) is 57.8 Å². The Bertz CT molecular complexity index is 566. The predicted octanol–water partition coefficient (Wildman–Crippen LogP) is 3.96. The highest BCUT2D eigenvalue weighted by Gasteiger charge is 2.26. The van der Waals surface area contributed by atoms with Crippen molar-refractivity contribution in [1.82, 2.24) is 4.90 Å². The Morgan fingerprint density at radius 2 is 2.11 bits per heavy atom. The van der Waals surface area contributed by atoms with Crippen molar-refractivity contribution in [2.75, 3.05) is 6.54 Å². The maximum Gasteiger partial charge on any atom is 0.0991 e. The number of hydrogen-bond acceptors (Lipinski definition) is 3. The van der Waals surface area contributed by atoms with E-state index in [-0.39, 0.29) is 0 Å². The fourth-order valence-electron chi connectivity index (χ4n) is 2.74. The Kier molecular flexibility index (Phi) is 3.63. The summed E-state index contributed by atoms with van der Waals surface area (Å²) in [5.74, 6) is 0. The number of hydrogen-bond donors (Lipinski definition) is 0. The largest absolute Gasteiger partial charge is 0.291 e. The van der Waals surface area contributed by atoms with Crippen LogP contribution < -0.4 is 0 Å². The van der Waals surface area contributed by atoms with E-state index in [0.717, 1.165) is 12.1 Å². The van der Waals surface area contributed by atoms with Gasteiger partial charge in [-0.25, -0.2) is 0 Å². The van der Waals surface area contributed by atoms with Gasteiger partial charge in [0.1, 0.15) is 0 Å². The van der Waals surface area contributed by atoms with E-state index in [1.807, 2.05) is 23.5 Å². The lowest BCUT2D eigenvalue weighted by Crippen LogP contribution is -2.22. The predicted molar refractivity (Wildman–Crippen MR) is 77.9 cm³/mol. The Labute approximate surface area is 117 Å². The highest BCUT2D eigenvalue weighted by atomic mass is 32.1. The quantitative estimate of drug-likeness (QED) is 0.842. The lowest BCUT2D eigenvalue weighted by molar-refractivity contribution is 0.251. The lowest BCUT2D eigenvalue weighted by atomic mass is 10.1. The van der Waals surface area contributed by atoms with Crippen molar-refractivity contribution in [3.8, 4) is 6.07 Å². The molecule has 1 aliphatic rings. The van der Waals surface area contributed by atoms with Gasteiger partial charge in [-0.15, -0.1) is 11.3 Å². The van der Waals surface area contributed by atoms with Crippen LogP contribution in [0.4, 0.5) is 0 Å². The number of thiophene rings is 1. The lowest BCUT2D eigenvalue weighted by Gasteiger charge is -2.23. The van der Waals surface area contributed by atoms with Crippen LogP contribution in [0.1, 0.15) is 34.9 Å². The van der Waals surface area contributed by atoms with Crippen LogP contribution in [0, 0.1) is 11.3 Å². The third kappa shape index (κ3) is 2.70. The zero-order valence-electron chi connectivity index (χ0n) is 10.7. The molecule has 0 N–H and O–H groups in total. The van der Waals surface area contributed by atoms with Gasteiger partial charge >= 0.3 is 0 Å². The average Bonchev–Trinajstić information content (AvgIpc) is 3.10.